The SMILES string of the molecule is COc1cc(CN2CCNC(c3ccccc3C(C)C)C2)ccc1OC1CCC1. The van der Waals surface area contributed by atoms with Gasteiger partial charge in [-0.1, -0.05) is 44.2 Å². The van der Waals surface area contributed by atoms with Crippen LogP contribution in [0.2, 0.25) is 0 Å². The van der Waals surface area contributed by atoms with Crippen LogP contribution in [0.15, 0.2) is 42.5 Å². The molecule has 4 rings (SSSR count). The second-order valence-corrected chi connectivity index (χ2v) is 8.68. The molecule has 0 amide bonds. The van der Waals surface area contributed by atoms with Gasteiger partial charge in [-0.25, -0.2) is 0 Å². The minimum atomic E-state index is 0.365. The van der Waals surface area contributed by atoms with E-state index in [-0.39, 0.29) is 0 Å². The van der Waals surface area contributed by atoms with E-state index in [0.717, 1.165) is 50.5 Å². The molecule has 1 unspecified atom stereocenters. The van der Waals surface area contributed by atoms with E-state index in [4.69, 9.17) is 9.47 Å². The highest BCUT2D eigenvalue weighted by atomic mass is 16.5. The molecule has 1 atom stereocenters. The summed E-state index contributed by atoms with van der Waals surface area (Å²) in [6.07, 6.45) is 3.95. The number of rotatable bonds is 7. The van der Waals surface area contributed by atoms with Crippen LogP contribution >= 0.6 is 0 Å². The number of hydrogen-bond acceptors (Lipinski definition) is 4. The number of nitrogens with zero attached hydrogens (tertiary/aromatic N) is 1. The fourth-order valence-corrected chi connectivity index (χ4v) is 4.35. The lowest BCUT2D eigenvalue weighted by atomic mass is 9.92. The number of piperazine rings is 1. The largest absolute Gasteiger partial charge is 0.493 e. The maximum Gasteiger partial charge on any atom is 0.161 e. The van der Waals surface area contributed by atoms with Crippen LogP contribution in [-0.4, -0.2) is 37.7 Å². The first-order valence-electron chi connectivity index (χ1n) is 11.0. The molecule has 156 valence electrons. The van der Waals surface area contributed by atoms with Gasteiger partial charge in [-0.3, -0.25) is 4.90 Å². The first-order chi connectivity index (χ1) is 14.1. The van der Waals surface area contributed by atoms with Gasteiger partial charge in [0.05, 0.1) is 13.2 Å². The Bertz CT molecular complexity index is 816. The van der Waals surface area contributed by atoms with Crippen molar-refractivity contribution >= 4 is 0 Å². The molecule has 2 aromatic rings. The zero-order valence-electron chi connectivity index (χ0n) is 18.0. The molecule has 2 aliphatic rings. The molecule has 1 aliphatic heterocycles. The van der Waals surface area contributed by atoms with Crippen molar-refractivity contribution in [3.8, 4) is 11.5 Å². The van der Waals surface area contributed by atoms with E-state index in [1.54, 1.807) is 7.11 Å². The number of hydrogen-bond donors (Lipinski definition) is 1. The van der Waals surface area contributed by atoms with Crippen molar-refractivity contribution in [2.75, 3.05) is 26.7 Å². The first-order valence-corrected chi connectivity index (χ1v) is 11.0. The lowest BCUT2D eigenvalue weighted by Crippen LogP contribution is -2.45. The molecule has 2 aromatic carbocycles. The van der Waals surface area contributed by atoms with Gasteiger partial charge in [0.2, 0.25) is 0 Å². The molecule has 1 N–H and O–H groups in total. The molecule has 0 spiro atoms. The summed E-state index contributed by atoms with van der Waals surface area (Å²) >= 11 is 0. The van der Waals surface area contributed by atoms with E-state index < -0.39 is 0 Å². The standard InChI is InChI=1S/C25H34N2O2/c1-18(2)21-9-4-5-10-22(21)23-17-27(14-13-26-23)16-19-11-12-24(25(15-19)28-3)29-20-7-6-8-20/h4-5,9-12,15,18,20,23,26H,6-8,13-14,16-17H2,1-3H3. The molecule has 0 aromatic heterocycles. The van der Waals surface area contributed by atoms with Gasteiger partial charge in [-0.05, 0) is 54.0 Å². The highest BCUT2D eigenvalue weighted by Gasteiger charge is 2.24. The topological polar surface area (TPSA) is 33.7 Å². The van der Waals surface area contributed by atoms with Crippen molar-refractivity contribution < 1.29 is 9.47 Å². The smallest absolute Gasteiger partial charge is 0.161 e. The molecule has 1 saturated carbocycles. The molecule has 1 saturated heterocycles. The summed E-state index contributed by atoms with van der Waals surface area (Å²) in [6.45, 7) is 8.58. The molecule has 29 heavy (non-hydrogen) atoms. The normalized spacial score (nSPS) is 20.5. The van der Waals surface area contributed by atoms with Gasteiger partial charge in [0.15, 0.2) is 11.5 Å². The van der Waals surface area contributed by atoms with Crippen LogP contribution in [0.1, 0.15) is 61.8 Å². The highest BCUT2D eigenvalue weighted by molar-refractivity contribution is 5.43. The van der Waals surface area contributed by atoms with Crippen LogP contribution in [0.5, 0.6) is 11.5 Å². The van der Waals surface area contributed by atoms with E-state index in [1.165, 1.54) is 23.1 Å². The average Bonchev–Trinajstić information content (AvgIpc) is 2.71. The summed E-state index contributed by atoms with van der Waals surface area (Å²) in [5.74, 6) is 2.27. The summed E-state index contributed by atoms with van der Waals surface area (Å²) < 4.78 is 11.7. The Balaban J connectivity index is 1.44. The van der Waals surface area contributed by atoms with E-state index in [2.05, 4.69) is 66.5 Å². The molecular weight excluding hydrogens is 360 g/mol. The minimum Gasteiger partial charge on any atom is -0.493 e. The van der Waals surface area contributed by atoms with Gasteiger partial charge in [0.1, 0.15) is 0 Å². The molecule has 1 heterocycles. The van der Waals surface area contributed by atoms with Crippen molar-refractivity contribution in [1.82, 2.24) is 10.2 Å². The van der Waals surface area contributed by atoms with E-state index >= 15 is 0 Å². The van der Waals surface area contributed by atoms with E-state index in [0.29, 0.717) is 18.1 Å². The van der Waals surface area contributed by atoms with Gasteiger partial charge >= 0.3 is 0 Å². The molecule has 4 heteroatoms. The van der Waals surface area contributed by atoms with Crippen molar-refractivity contribution in [2.45, 2.75) is 57.7 Å². The third-order valence-corrected chi connectivity index (χ3v) is 6.23. The summed E-state index contributed by atoms with van der Waals surface area (Å²) in [5, 5.41) is 3.73. The van der Waals surface area contributed by atoms with Gasteiger partial charge in [0, 0.05) is 32.2 Å². The monoisotopic (exact) mass is 394 g/mol. The predicted molar refractivity (Wildman–Crippen MR) is 118 cm³/mol. The van der Waals surface area contributed by atoms with Crippen molar-refractivity contribution in [1.29, 1.82) is 0 Å². The summed E-state index contributed by atoms with van der Waals surface area (Å²) in [5.41, 5.74) is 4.17. The number of ether oxygens (including phenoxy) is 2. The van der Waals surface area contributed by atoms with Crippen LogP contribution in [0.4, 0.5) is 0 Å². The van der Waals surface area contributed by atoms with Crippen LogP contribution in [-0.2, 0) is 6.54 Å². The molecule has 0 bridgehead atoms. The third kappa shape index (κ3) is 4.76. The first kappa shape index (κ1) is 20.2. The fourth-order valence-electron chi connectivity index (χ4n) is 4.35. The quantitative estimate of drug-likeness (QED) is 0.724. The molecule has 0 radical (unpaired) electrons. The van der Waals surface area contributed by atoms with Gasteiger partial charge in [-0.2, -0.15) is 0 Å². The van der Waals surface area contributed by atoms with Gasteiger partial charge in [-0.15, -0.1) is 0 Å². The predicted octanol–water partition coefficient (Wildman–Crippen LogP) is 4.90. The van der Waals surface area contributed by atoms with Gasteiger partial charge in [0.25, 0.3) is 0 Å². The molecule has 2 fully saturated rings. The highest BCUT2D eigenvalue weighted by Crippen LogP contribution is 2.34. The lowest BCUT2D eigenvalue weighted by molar-refractivity contribution is 0.116. The molecule has 4 nitrogen and oxygen atoms in total. The van der Waals surface area contributed by atoms with Gasteiger partial charge < -0.3 is 14.8 Å². The fraction of sp³-hybridized carbons (Fsp3) is 0.520. The second-order valence-electron chi connectivity index (χ2n) is 8.68. The lowest BCUT2D eigenvalue weighted by Gasteiger charge is -2.35. The number of nitrogens with one attached hydrogen (secondary N) is 1. The molecule has 1 aliphatic carbocycles. The van der Waals surface area contributed by atoms with Crippen molar-refractivity contribution in [3.05, 3.63) is 59.2 Å². The second kappa shape index (κ2) is 9.19. The Labute approximate surface area is 175 Å². The van der Waals surface area contributed by atoms with Crippen LogP contribution in [0, 0.1) is 0 Å². The summed E-state index contributed by atoms with van der Waals surface area (Å²) in [4.78, 5) is 2.54. The van der Waals surface area contributed by atoms with E-state index in [9.17, 15) is 0 Å². The number of benzene rings is 2. The summed E-state index contributed by atoms with van der Waals surface area (Å²) in [7, 11) is 1.73. The maximum atomic E-state index is 6.08. The van der Waals surface area contributed by atoms with E-state index in [1.807, 2.05) is 0 Å². The molecular formula is C25H34N2O2. The Kier molecular flexibility index (Phi) is 6.41. The van der Waals surface area contributed by atoms with Crippen molar-refractivity contribution in [3.63, 3.8) is 0 Å². The Morgan fingerprint density at radius 2 is 1.93 bits per heavy atom. The van der Waals surface area contributed by atoms with Crippen molar-refractivity contribution in [2.24, 2.45) is 0 Å². The summed E-state index contributed by atoms with van der Waals surface area (Å²) in [6, 6.07) is 15.7. The minimum absolute atomic E-state index is 0.365. The number of methoxy groups -OCH3 is 1. The maximum absolute atomic E-state index is 6.08. The Morgan fingerprint density at radius 1 is 1.10 bits per heavy atom. The zero-order valence-corrected chi connectivity index (χ0v) is 18.0. The van der Waals surface area contributed by atoms with Crippen LogP contribution in [0.25, 0.3) is 0 Å². The van der Waals surface area contributed by atoms with Crippen LogP contribution in [0.3, 0.4) is 0 Å². The zero-order chi connectivity index (χ0) is 20.2. The Hall–Kier alpha value is -2.04. The Morgan fingerprint density at radius 3 is 2.66 bits per heavy atom. The third-order valence-electron chi connectivity index (χ3n) is 6.23. The van der Waals surface area contributed by atoms with Crippen LogP contribution < -0.4 is 14.8 Å². The average molecular weight is 395 g/mol.